The van der Waals surface area contributed by atoms with E-state index in [0.29, 0.717) is 45.1 Å². The molecule has 8 nitrogen and oxygen atoms in total. The molecule has 0 unspecified atom stereocenters. The van der Waals surface area contributed by atoms with Gasteiger partial charge in [-0.05, 0) is 37.3 Å². The first-order chi connectivity index (χ1) is 18.3. The third-order valence-electron chi connectivity index (χ3n) is 6.81. The Morgan fingerprint density at radius 2 is 2.00 bits per heavy atom. The second-order valence-corrected chi connectivity index (χ2v) is 12.3. The molecule has 0 spiro atoms. The van der Waals surface area contributed by atoms with Gasteiger partial charge in [0.15, 0.2) is 5.54 Å². The van der Waals surface area contributed by atoms with Gasteiger partial charge in [-0.25, -0.2) is 4.98 Å². The maximum Gasteiger partial charge on any atom is 0.413 e. The standard InChI is InChI=1S/C26H28ClF3N8S/c1-14-23(39-13-34-14)22(19-11-38(37-36-19)25(5-6-25)26(28,29)30)35-16-7-17-20(33-12-24(2,3)4)15(9-31)10-32-21(17)18(27)8-16/h7-8,10-11,13,22,35-37H,5-6,12H2,1-4H3,(H,32,33)/t22-/m1/s1. The minimum atomic E-state index is -4.37. The number of hydrogen-bond acceptors (Lipinski definition) is 9. The summed E-state index contributed by atoms with van der Waals surface area (Å²) in [5.41, 5.74) is 8.77. The summed E-state index contributed by atoms with van der Waals surface area (Å²) in [6.07, 6.45) is -1.37. The van der Waals surface area contributed by atoms with Crippen molar-refractivity contribution in [3.63, 3.8) is 0 Å². The highest BCUT2D eigenvalue weighted by Crippen LogP contribution is 2.54. The Morgan fingerprint density at radius 3 is 2.59 bits per heavy atom. The maximum absolute atomic E-state index is 13.8. The highest BCUT2D eigenvalue weighted by Gasteiger charge is 2.67. The van der Waals surface area contributed by atoms with Crippen LogP contribution in [0.4, 0.5) is 24.5 Å². The van der Waals surface area contributed by atoms with Gasteiger partial charge in [0.1, 0.15) is 12.1 Å². The first kappa shape index (κ1) is 27.3. The van der Waals surface area contributed by atoms with Crippen molar-refractivity contribution in [3.05, 3.63) is 56.9 Å². The molecule has 0 bridgehead atoms. The van der Waals surface area contributed by atoms with E-state index in [1.165, 1.54) is 23.7 Å². The number of nitrogens with zero attached hydrogens (tertiary/aromatic N) is 4. The van der Waals surface area contributed by atoms with Crippen LogP contribution in [0.15, 0.2) is 35.7 Å². The first-order valence-electron chi connectivity index (χ1n) is 12.4. The molecule has 1 aromatic carbocycles. The largest absolute Gasteiger partial charge is 0.413 e. The molecule has 1 aliphatic heterocycles. The van der Waals surface area contributed by atoms with Crippen LogP contribution in [0.2, 0.25) is 5.02 Å². The number of nitrogens with one attached hydrogen (secondary N) is 4. The Hall–Kier alpha value is -3.27. The van der Waals surface area contributed by atoms with Gasteiger partial charge < -0.3 is 16.1 Å². The molecule has 206 valence electrons. The van der Waals surface area contributed by atoms with Crippen LogP contribution in [0, 0.1) is 23.7 Å². The monoisotopic (exact) mass is 576 g/mol. The number of hydrazine groups is 2. The molecule has 1 atom stereocenters. The minimum absolute atomic E-state index is 0.0193. The normalized spacial score (nSPS) is 17.4. The van der Waals surface area contributed by atoms with Crippen molar-refractivity contribution in [2.45, 2.75) is 58.3 Å². The summed E-state index contributed by atoms with van der Waals surface area (Å²) < 4.78 is 41.3. The van der Waals surface area contributed by atoms with Gasteiger partial charge in [0, 0.05) is 30.0 Å². The predicted molar refractivity (Wildman–Crippen MR) is 147 cm³/mol. The number of rotatable bonds is 7. The minimum Gasteiger partial charge on any atom is -0.383 e. The van der Waals surface area contributed by atoms with Gasteiger partial charge in [-0.1, -0.05) is 32.4 Å². The Morgan fingerprint density at radius 1 is 1.26 bits per heavy atom. The molecule has 13 heteroatoms. The first-order valence-corrected chi connectivity index (χ1v) is 13.6. The van der Waals surface area contributed by atoms with Crippen molar-refractivity contribution >= 4 is 45.2 Å². The second-order valence-electron chi connectivity index (χ2n) is 11.0. The lowest BCUT2D eigenvalue weighted by atomic mass is 9.96. The molecule has 0 saturated heterocycles. The van der Waals surface area contributed by atoms with Gasteiger partial charge in [-0.2, -0.15) is 18.4 Å². The lowest BCUT2D eigenvalue weighted by Gasteiger charge is -2.28. The molecule has 4 N–H and O–H groups in total. The van der Waals surface area contributed by atoms with Crippen LogP contribution >= 0.6 is 22.9 Å². The summed E-state index contributed by atoms with van der Waals surface area (Å²) in [6.45, 7) is 8.72. The molecule has 1 aliphatic carbocycles. The number of hydrogen-bond donors (Lipinski definition) is 4. The molecule has 2 aliphatic rings. The van der Waals surface area contributed by atoms with Crippen molar-refractivity contribution in [2.24, 2.45) is 5.41 Å². The molecular formula is C26H28ClF3N8S. The van der Waals surface area contributed by atoms with Gasteiger partial charge in [-0.15, -0.1) is 16.9 Å². The molecule has 3 heterocycles. The van der Waals surface area contributed by atoms with Gasteiger partial charge in [0.05, 0.1) is 43.6 Å². The predicted octanol–water partition coefficient (Wildman–Crippen LogP) is 6.40. The number of aromatic nitrogens is 2. The highest BCUT2D eigenvalue weighted by molar-refractivity contribution is 7.09. The second kappa shape index (κ2) is 9.73. The van der Waals surface area contributed by atoms with E-state index in [9.17, 15) is 18.4 Å². The van der Waals surface area contributed by atoms with Crippen LogP contribution in [0.5, 0.6) is 0 Å². The molecule has 1 saturated carbocycles. The SMILES string of the molecule is Cc1ncsc1[C@H](Nc1cc(Cl)c2ncc(C#N)c(NCC(C)(C)C)c2c1)C1=CN(C2(C(F)(F)F)CC2)NN1. The zero-order valence-electron chi connectivity index (χ0n) is 21.8. The smallest absolute Gasteiger partial charge is 0.383 e. The summed E-state index contributed by atoms with van der Waals surface area (Å²) in [7, 11) is 0. The molecule has 0 radical (unpaired) electrons. The van der Waals surface area contributed by atoms with E-state index in [4.69, 9.17) is 11.6 Å². The van der Waals surface area contributed by atoms with Crippen molar-refractivity contribution in [1.29, 1.82) is 5.26 Å². The number of benzene rings is 1. The Labute approximate surface area is 233 Å². The number of pyridine rings is 1. The number of aryl methyl sites for hydroxylation is 1. The fourth-order valence-corrected chi connectivity index (χ4v) is 5.63. The fourth-order valence-electron chi connectivity index (χ4n) is 4.50. The van der Waals surface area contributed by atoms with Crippen molar-refractivity contribution in [3.8, 4) is 6.07 Å². The Kier molecular flexibility index (Phi) is 6.81. The van der Waals surface area contributed by atoms with E-state index in [1.54, 1.807) is 11.6 Å². The van der Waals surface area contributed by atoms with Crippen molar-refractivity contribution in [2.75, 3.05) is 17.2 Å². The van der Waals surface area contributed by atoms with Crippen LogP contribution in [-0.4, -0.2) is 33.2 Å². The molecule has 5 rings (SSSR count). The summed E-state index contributed by atoms with van der Waals surface area (Å²) >= 11 is 8.06. The quantitative estimate of drug-likeness (QED) is 0.256. The number of alkyl halides is 3. The highest BCUT2D eigenvalue weighted by atomic mass is 35.5. The Balaban J connectivity index is 1.55. The summed E-state index contributed by atoms with van der Waals surface area (Å²) in [6, 6.07) is 5.22. The zero-order chi connectivity index (χ0) is 28.2. The summed E-state index contributed by atoms with van der Waals surface area (Å²) in [5, 5.41) is 18.7. The van der Waals surface area contributed by atoms with Crippen LogP contribution in [0.25, 0.3) is 10.9 Å². The third-order valence-corrected chi connectivity index (χ3v) is 8.09. The number of nitriles is 1. The third kappa shape index (κ3) is 5.18. The van der Waals surface area contributed by atoms with Crippen molar-refractivity contribution < 1.29 is 13.2 Å². The molecule has 2 aromatic heterocycles. The van der Waals surface area contributed by atoms with E-state index in [1.807, 2.05) is 13.0 Å². The molecule has 0 amide bonds. The number of thiazole rings is 1. The van der Waals surface area contributed by atoms with Crippen LogP contribution in [0.1, 0.15) is 55.8 Å². The average molecular weight is 577 g/mol. The summed E-state index contributed by atoms with van der Waals surface area (Å²) in [4.78, 5) is 9.59. The van der Waals surface area contributed by atoms with E-state index in [-0.39, 0.29) is 18.3 Å². The number of fused-ring (bicyclic) bond motifs is 1. The van der Waals surface area contributed by atoms with Crippen LogP contribution < -0.4 is 21.6 Å². The van der Waals surface area contributed by atoms with Crippen LogP contribution in [0.3, 0.4) is 0 Å². The van der Waals surface area contributed by atoms with Crippen molar-refractivity contribution in [1.82, 2.24) is 25.9 Å². The van der Waals surface area contributed by atoms with Gasteiger partial charge in [0.25, 0.3) is 0 Å². The van der Waals surface area contributed by atoms with E-state index in [2.05, 4.69) is 58.4 Å². The molecule has 1 fully saturated rings. The molecular weight excluding hydrogens is 549 g/mol. The lowest BCUT2D eigenvalue weighted by Crippen LogP contribution is -2.52. The molecule has 39 heavy (non-hydrogen) atoms. The van der Waals surface area contributed by atoms with E-state index in [0.717, 1.165) is 15.6 Å². The topological polar surface area (TPSA) is 101 Å². The maximum atomic E-state index is 13.8. The lowest BCUT2D eigenvalue weighted by molar-refractivity contribution is -0.195. The fraction of sp³-hybridized carbons (Fsp3) is 0.423. The summed E-state index contributed by atoms with van der Waals surface area (Å²) in [5.74, 6) is 0. The Bertz CT molecular complexity index is 1480. The number of halogens is 4. The van der Waals surface area contributed by atoms with Gasteiger partial charge in [-0.3, -0.25) is 9.99 Å². The van der Waals surface area contributed by atoms with E-state index >= 15 is 0 Å². The van der Waals surface area contributed by atoms with Crippen LogP contribution in [-0.2, 0) is 0 Å². The van der Waals surface area contributed by atoms with E-state index < -0.39 is 17.8 Å². The van der Waals surface area contributed by atoms with Gasteiger partial charge >= 0.3 is 6.18 Å². The number of anilines is 2. The van der Waals surface area contributed by atoms with Gasteiger partial charge in [0.2, 0.25) is 0 Å². The average Bonchev–Trinajstić information content (AvgIpc) is 3.35. The molecule has 3 aromatic rings. The zero-order valence-corrected chi connectivity index (χ0v) is 23.4.